The molecule has 0 aromatic heterocycles. The molecule has 0 bridgehead atoms. The van der Waals surface area contributed by atoms with E-state index in [9.17, 15) is 0 Å². The fraction of sp³-hybridized carbons (Fsp3) is 0.647. The monoisotopic (exact) mass is 259 g/mol. The summed E-state index contributed by atoms with van der Waals surface area (Å²) in [6.07, 6.45) is 6.45. The second-order valence-corrected chi connectivity index (χ2v) is 5.92. The van der Waals surface area contributed by atoms with Crippen molar-refractivity contribution in [1.29, 1.82) is 0 Å². The predicted molar refractivity (Wildman–Crippen MR) is 78.9 cm³/mol. The third kappa shape index (κ3) is 2.27. The minimum absolute atomic E-state index is 0.735. The van der Waals surface area contributed by atoms with Crippen LogP contribution in [-0.2, 0) is 6.42 Å². The van der Waals surface area contributed by atoms with Crippen LogP contribution in [0.5, 0.6) is 5.75 Å². The molecule has 0 unspecified atom stereocenters. The number of hydrogen-bond donors (Lipinski definition) is 0. The van der Waals surface area contributed by atoms with E-state index in [4.69, 9.17) is 4.74 Å². The summed E-state index contributed by atoms with van der Waals surface area (Å²) >= 11 is 0. The summed E-state index contributed by atoms with van der Waals surface area (Å²) < 4.78 is 5.55. The first-order valence-electron chi connectivity index (χ1n) is 7.75. The minimum atomic E-state index is 0.735. The van der Waals surface area contributed by atoms with E-state index >= 15 is 0 Å². The van der Waals surface area contributed by atoms with Crippen molar-refractivity contribution in [3.05, 3.63) is 29.3 Å². The highest BCUT2D eigenvalue weighted by atomic mass is 16.5. The molecule has 0 amide bonds. The maximum atomic E-state index is 5.55. The van der Waals surface area contributed by atoms with Gasteiger partial charge in [-0.15, -0.1) is 0 Å². The van der Waals surface area contributed by atoms with E-state index < -0.39 is 0 Å². The lowest BCUT2D eigenvalue weighted by molar-refractivity contribution is 0.112. The van der Waals surface area contributed by atoms with Crippen molar-refractivity contribution < 1.29 is 4.74 Å². The molecule has 2 atom stereocenters. The average molecular weight is 259 g/mol. The maximum Gasteiger partial charge on any atom is 0.122 e. The van der Waals surface area contributed by atoms with Gasteiger partial charge in [-0.1, -0.05) is 19.1 Å². The van der Waals surface area contributed by atoms with Gasteiger partial charge in [-0.25, -0.2) is 0 Å². The summed E-state index contributed by atoms with van der Waals surface area (Å²) in [4.78, 5) is 2.73. The minimum Gasteiger partial charge on any atom is -0.496 e. The zero-order chi connectivity index (χ0) is 13.2. The Balaban J connectivity index is 1.92. The Morgan fingerprint density at radius 3 is 3.00 bits per heavy atom. The summed E-state index contributed by atoms with van der Waals surface area (Å²) in [5.74, 6) is 1.84. The topological polar surface area (TPSA) is 12.5 Å². The number of piperidine rings is 1. The first-order chi connectivity index (χ1) is 9.35. The number of rotatable bonds is 3. The van der Waals surface area contributed by atoms with Crippen LogP contribution in [0.2, 0.25) is 0 Å². The van der Waals surface area contributed by atoms with Gasteiger partial charge in [0.1, 0.15) is 5.75 Å². The second-order valence-electron chi connectivity index (χ2n) is 5.92. The zero-order valence-corrected chi connectivity index (χ0v) is 12.2. The molecule has 104 valence electrons. The van der Waals surface area contributed by atoms with Gasteiger partial charge in [0.15, 0.2) is 0 Å². The SMILES string of the molecule is CCCN1CCC[C@H]2c3cccc(OC)c3CC[C@H]21. The molecule has 2 heteroatoms. The second kappa shape index (κ2) is 5.54. The zero-order valence-electron chi connectivity index (χ0n) is 12.2. The van der Waals surface area contributed by atoms with E-state index in [1.165, 1.54) is 50.8 Å². The van der Waals surface area contributed by atoms with Gasteiger partial charge < -0.3 is 4.74 Å². The van der Waals surface area contributed by atoms with Crippen LogP contribution in [0.3, 0.4) is 0 Å². The molecular formula is C17H25NO. The van der Waals surface area contributed by atoms with Crippen molar-refractivity contribution in [3.63, 3.8) is 0 Å². The summed E-state index contributed by atoms with van der Waals surface area (Å²) in [7, 11) is 1.80. The van der Waals surface area contributed by atoms with Crippen LogP contribution in [0.4, 0.5) is 0 Å². The Bertz CT molecular complexity index is 441. The smallest absolute Gasteiger partial charge is 0.122 e. The maximum absolute atomic E-state index is 5.55. The van der Waals surface area contributed by atoms with Crippen LogP contribution in [0.1, 0.15) is 49.7 Å². The van der Waals surface area contributed by atoms with Gasteiger partial charge in [-0.05, 0) is 68.3 Å². The third-order valence-electron chi connectivity index (χ3n) is 4.88. The summed E-state index contributed by atoms with van der Waals surface area (Å²) in [5, 5.41) is 0. The van der Waals surface area contributed by atoms with Gasteiger partial charge in [0.05, 0.1) is 7.11 Å². The molecule has 1 aromatic rings. The van der Waals surface area contributed by atoms with E-state index in [0.29, 0.717) is 0 Å². The highest BCUT2D eigenvalue weighted by molar-refractivity contribution is 5.44. The van der Waals surface area contributed by atoms with Gasteiger partial charge in [0.25, 0.3) is 0 Å². The van der Waals surface area contributed by atoms with E-state index in [0.717, 1.165) is 17.7 Å². The summed E-state index contributed by atoms with van der Waals surface area (Å²) in [5.41, 5.74) is 3.04. The molecule has 0 spiro atoms. The van der Waals surface area contributed by atoms with Gasteiger partial charge in [-0.2, -0.15) is 0 Å². The molecule has 1 aliphatic carbocycles. The van der Waals surface area contributed by atoms with Crippen molar-refractivity contribution in [1.82, 2.24) is 4.90 Å². The Hall–Kier alpha value is -1.02. The number of hydrogen-bond acceptors (Lipinski definition) is 2. The Morgan fingerprint density at radius 1 is 1.32 bits per heavy atom. The number of nitrogens with zero attached hydrogens (tertiary/aromatic N) is 1. The number of methoxy groups -OCH3 is 1. The lowest BCUT2D eigenvalue weighted by atomic mass is 9.74. The van der Waals surface area contributed by atoms with Crippen LogP contribution in [0.15, 0.2) is 18.2 Å². The lowest BCUT2D eigenvalue weighted by Crippen LogP contribution is -2.46. The van der Waals surface area contributed by atoms with E-state index in [1.807, 2.05) is 0 Å². The third-order valence-corrected chi connectivity index (χ3v) is 4.88. The molecular weight excluding hydrogens is 234 g/mol. The Labute approximate surface area is 116 Å². The molecule has 1 saturated heterocycles. The standard InChI is InChI=1S/C17H25NO/c1-3-11-18-12-5-7-14-13-6-4-8-17(19-2)15(13)9-10-16(14)18/h4,6,8,14,16H,3,5,7,9-12H2,1-2H3/t14-,16+/m0/s1. The number of likely N-dealkylation sites (tertiary alicyclic amines) is 1. The van der Waals surface area contributed by atoms with E-state index in [-0.39, 0.29) is 0 Å². The van der Waals surface area contributed by atoms with Gasteiger partial charge in [-0.3, -0.25) is 4.90 Å². The first kappa shape index (κ1) is 13.0. The Morgan fingerprint density at radius 2 is 2.21 bits per heavy atom. The highest BCUT2D eigenvalue weighted by Gasteiger charge is 2.36. The van der Waals surface area contributed by atoms with Crippen LogP contribution >= 0.6 is 0 Å². The number of ether oxygens (including phenoxy) is 1. The van der Waals surface area contributed by atoms with Gasteiger partial charge in [0, 0.05) is 6.04 Å². The van der Waals surface area contributed by atoms with Crippen molar-refractivity contribution in [2.75, 3.05) is 20.2 Å². The average Bonchev–Trinajstić information content (AvgIpc) is 2.47. The number of benzene rings is 1. The normalized spacial score (nSPS) is 26.6. The Kier molecular flexibility index (Phi) is 3.79. The molecule has 2 nitrogen and oxygen atoms in total. The van der Waals surface area contributed by atoms with Crippen molar-refractivity contribution >= 4 is 0 Å². The molecule has 19 heavy (non-hydrogen) atoms. The van der Waals surface area contributed by atoms with Crippen molar-refractivity contribution in [2.24, 2.45) is 0 Å². The molecule has 0 radical (unpaired) electrons. The summed E-state index contributed by atoms with van der Waals surface area (Å²) in [6.45, 7) is 4.86. The molecule has 0 N–H and O–H groups in total. The molecule has 0 saturated carbocycles. The van der Waals surface area contributed by atoms with E-state index in [1.54, 1.807) is 12.7 Å². The van der Waals surface area contributed by atoms with Crippen LogP contribution in [0, 0.1) is 0 Å². The quantitative estimate of drug-likeness (QED) is 0.822. The molecule has 1 aromatic carbocycles. The molecule has 1 fully saturated rings. The van der Waals surface area contributed by atoms with Crippen molar-refractivity contribution in [2.45, 2.75) is 51.0 Å². The van der Waals surface area contributed by atoms with E-state index in [2.05, 4.69) is 30.0 Å². The fourth-order valence-electron chi connectivity index (χ4n) is 4.12. The number of fused-ring (bicyclic) bond motifs is 3. The molecule has 1 heterocycles. The fourth-order valence-corrected chi connectivity index (χ4v) is 4.12. The summed E-state index contributed by atoms with van der Waals surface area (Å²) in [6, 6.07) is 7.39. The molecule has 2 aliphatic rings. The lowest BCUT2D eigenvalue weighted by Gasteiger charge is -2.45. The predicted octanol–water partition coefficient (Wildman–Crippen LogP) is 3.60. The first-order valence-corrected chi connectivity index (χ1v) is 7.75. The molecule has 3 rings (SSSR count). The van der Waals surface area contributed by atoms with Gasteiger partial charge >= 0.3 is 0 Å². The molecule has 1 aliphatic heterocycles. The van der Waals surface area contributed by atoms with Crippen LogP contribution in [-0.4, -0.2) is 31.1 Å². The highest BCUT2D eigenvalue weighted by Crippen LogP contribution is 2.43. The van der Waals surface area contributed by atoms with Crippen molar-refractivity contribution in [3.8, 4) is 5.75 Å². The largest absolute Gasteiger partial charge is 0.496 e. The van der Waals surface area contributed by atoms with Gasteiger partial charge in [0.2, 0.25) is 0 Å². The van der Waals surface area contributed by atoms with Crippen LogP contribution in [0.25, 0.3) is 0 Å². The van der Waals surface area contributed by atoms with Crippen LogP contribution < -0.4 is 4.74 Å².